The van der Waals surface area contributed by atoms with Crippen LogP contribution in [0.1, 0.15) is 31.7 Å². The van der Waals surface area contributed by atoms with Gasteiger partial charge in [-0.3, -0.25) is 14.3 Å². The van der Waals surface area contributed by atoms with Crippen molar-refractivity contribution < 1.29 is 9.53 Å². The molecule has 7 nitrogen and oxygen atoms in total. The monoisotopic (exact) mass is 359 g/mol. The number of rotatable bonds is 7. The Morgan fingerprint density at radius 2 is 2.12 bits per heavy atom. The highest BCUT2D eigenvalue weighted by atomic mass is 32.2. The molecule has 132 valence electrons. The largest absolute Gasteiger partial charge is 0.376 e. The summed E-state index contributed by atoms with van der Waals surface area (Å²) in [7, 11) is 0. The minimum Gasteiger partial charge on any atom is -0.376 e. The lowest BCUT2D eigenvalue weighted by Gasteiger charge is -2.11. The highest BCUT2D eigenvalue weighted by Crippen LogP contribution is 2.40. The average Bonchev–Trinajstić information content (AvgIpc) is 3.18. The van der Waals surface area contributed by atoms with Gasteiger partial charge in [-0.05, 0) is 37.8 Å². The first-order chi connectivity index (χ1) is 12.3. The molecule has 4 rings (SSSR count). The number of amides is 1. The van der Waals surface area contributed by atoms with Crippen LogP contribution in [-0.2, 0) is 9.53 Å². The van der Waals surface area contributed by atoms with Crippen molar-refractivity contribution in [2.45, 2.75) is 43.0 Å². The topological polar surface area (TPSA) is 81.9 Å². The third-order valence-electron chi connectivity index (χ3n) is 4.40. The molecule has 1 amide bonds. The Balaban J connectivity index is 1.39. The molecular weight excluding hydrogens is 338 g/mol. The van der Waals surface area contributed by atoms with Crippen LogP contribution in [0.15, 0.2) is 29.7 Å². The van der Waals surface area contributed by atoms with E-state index in [1.54, 1.807) is 12.4 Å². The summed E-state index contributed by atoms with van der Waals surface area (Å²) < 4.78 is 7.68. The highest BCUT2D eigenvalue weighted by molar-refractivity contribution is 7.99. The molecule has 0 bridgehead atoms. The van der Waals surface area contributed by atoms with Crippen LogP contribution >= 0.6 is 11.8 Å². The Hall–Kier alpha value is -1.93. The van der Waals surface area contributed by atoms with E-state index >= 15 is 0 Å². The van der Waals surface area contributed by atoms with Gasteiger partial charge in [-0.15, -0.1) is 10.2 Å². The van der Waals surface area contributed by atoms with E-state index < -0.39 is 0 Å². The van der Waals surface area contributed by atoms with Crippen molar-refractivity contribution in [2.75, 3.05) is 18.9 Å². The number of nitrogens with zero attached hydrogens (tertiary/aromatic N) is 4. The van der Waals surface area contributed by atoms with Gasteiger partial charge in [0.25, 0.3) is 0 Å². The first kappa shape index (κ1) is 16.5. The molecular formula is C17H21N5O2S. The molecule has 1 unspecified atom stereocenters. The number of nitrogens with one attached hydrogen (secondary N) is 1. The number of ether oxygens (including phenoxy) is 1. The predicted molar refractivity (Wildman–Crippen MR) is 94.2 cm³/mol. The number of carbonyl (C=O) groups excluding carboxylic acids is 1. The smallest absolute Gasteiger partial charge is 0.230 e. The van der Waals surface area contributed by atoms with Crippen molar-refractivity contribution in [1.82, 2.24) is 25.1 Å². The zero-order valence-electron chi connectivity index (χ0n) is 13.9. The molecule has 0 spiro atoms. The van der Waals surface area contributed by atoms with Gasteiger partial charge >= 0.3 is 0 Å². The van der Waals surface area contributed by atoms with Gasteiger partial charge in [-0.2, -0.15) is 0 Å². The van der Waals surface area contributed by atoms with E-state index in [0.717, 1.165) is 48.8 Å². The van der Waals surface area contributed by atoms with E-state index in [0.29, 0.717) is 18.3 Å². The second-order valence-electron chi connectivity index (χ2n) is 6.37. The van der Waals surface area contributed by atoms with Crippen LogP contribution in [0.4, 0.5) is 0 Å². The molecule has 2 fully saturated rings. The van der Waals surface area contributed by atoms with E-state index in [-0.39, 0.29) is 12.0 Å². The number of carbonyl (C=O) groups is 1. The number of hydrogen-bond acceptors (Lipinski definition) is 6. The van der Waals surface area contributed by atoms with Gasteiger partial charge in [0.05, 0.1) is 11.9 Å². The molecule has 1 N–H and O–H groups in total. The maximum absolute atomic E-state index is 12.1. The molecule has 1 saturated carbocycles. The molecule has 1 aliphatic heterocycles. The molecule has 1 saturated heterocycles. The summed E-state index contributed by atoms with van der Waals surface area (Å²) in [4.78, 5) is 16.1. The molecule has 1 aliphatic carbocycles. The molecule has 2 aliphatic rings. The molecule has 1 atom stereocenters. The molecule has 3 heterocycles. The van der Waals surface area contributed by atoms with Gasteiger partial charge < -0.3 is 10.1 Å². The summed E-state index contributed by atoms with van der Waals surface area (Å²) in [5, 5.41) is 12.4. The maximum Gasteiger partial charge on any atom is 0.230 e. The quantitative estimate of drug-likeness (QED) is 0.762. The van der Waals surface area contributed by atoms with Gasteiger partial charge in [0, 0.05) is 37.2 Å². The Kier molecular flexibility index (Phi) is 4.98. The minimum absolute atomic E-state index is 0.0105. The Morgan fingerprint density at radius 3 is 2.84 bits per heavy atom. The number of hydrogen-bond donors (Lipinski definition) is 1. The van der Waals surface area contributed by atoms with Gasteiger partial charge in [-0.25, -0.2) is 0 Å². The van der Waals surface area contributed by atoms with E-state index in [1.807, 2.05) is 12.1 Å². The second kappa shape index (κ2) is 7.53. The van der Waals surface area contributed by atoms with Crippen molar-refractivity contribution in [3.8, 4) is 11.4 Å². The van der Waals surface area contributed by atoms with E-state index in [1.165, 1.54) is 11.8 Å². The fourth-order valence-electron chi connectivity index (χ4n) is 2.95. The second-order valence-corrected chi connectivity index (χ2v) is 7.31. The summed E-state index contributed by atoms with van der Waals surface area (Å²) in [5.41, 5.74) is 1.00. The van der Waals surface area contributed by atoms with E-state index in [9.17, 15) is 4.79 Å². The lowest BCUT2D eigenvalue weighted by molar-refractivity contribution is -0.119. The summed E-state index contributed by atoms with van der Waals surface area (Å²) in [6.07, 6.45) is 8.06. The van der Waals surface area contributed by atoms with Crippen LogP contribution < -0.4 is 5.32 Å². The highest BCUT2D eigenvalue weighted by Gasteiger charge is 2.30. The molecule has 2 aromatic heterocycles. The number of pyridine rings is 1. The fourth-order valence-corrected chi connectivity index (χ4v) is 3.78. The van der Waals surface area contributed by atoms with Crippen molar-refractivity contribution >= 4 is 17.7 Å². The summed E-state index contributed by atoms with van der Waals surface area (Å²) >= 11 is 1.44. The van der Waals surface area contributed by atoms with Crippen LogP contribution in [0.5, 0.6) is 0 Å². The molecule has 25 heavy (non-hydrogen) atoms. The molecule has 2 aromatic rings. The van der Waals surface area contributed by atoms with E-state index in [2.05, 4.69) is 25.1 Å². The normalized spacial score (nSPS) is 19.9. The van der Waals surface area contributed by atoms with E-state index in [4.69, 9.17) is 4.74 Å². The van der Waals surface area contributed by atoms with Crippen molar-refractivity contribution in [3.05, 3.63) is 24.5 Å². The zero-order valence-corrected chi connectivity index (χ0v) is 14.7. The Labute approximate surface area is 150 Å². The molecule has 0 aromatic carbocycles. The van der Waals surface area contributed by atoms with Gasteiger partial charge in [0.2, 0.25) is 5.91 Å². The molecule has 0 radical (unpaired) electrons. The van der Waals surface area contributed by atoms with Gasteiger partial charge in [0.15, 0.2) is 11.0 Å². The third kappa shape index (κ3) is 4.01. The third-order valence-corrected chi connectivity index (χ3v) is 5.34. The lowest BCUT2D eigenvalue weighted by atomic mass is 10.2. The summed E-state index contributed by atoms with van der Waals surface area (Å²) in [5.74, 6) is 1.21. The minimum atomic E-state index is 0.0105. The molecule has 8 heteroatoms. The average molecular weight is 359 g/mol. The standard InChI is InChI=1S/C17H21N5O2S/c23-15(19-10-14-2-1-9-24-14)11-25-17-21-20-16(22(17)13-3-4-13)12-5-7-18-8-6-12/h5-8,13-14H,1-4,9-11H2,(H,19,23). The summed E-state index contributed by atoms with van der Waals surface area (Å²) in [6, 6.07) is 4.31. The first-order valence-corrected chi connectivity index (χ1v) is 9.66. The van der Waals surface area contributed by atoms with Crippen LogP contribution in [0.3, 0.4) is 0 Å². The van der Waals surface area contributed by atoms with Crippen LogP contribution in [0.2, 0.25) is 0 Å². The summed E-state index contributed by atoms with van der Waals surface area (Å²) in [6.45, 7) is 1.40. The van der Waals surface area contributed by atoms with Crippen molar-refractivity contribution in [3.63, 3.8) is 0 Å². The van der Waals surface area contributed by atoms with Crippen LogP contribution in [0, 0.1) is 0 Å². The van der Waals surface area contributed by atoms with Crippen LogP contribution in [-0.4, -0.2) is 50.7 Å². The van der Waals surface area contributed by atoms with Gasteiger partial charge in [-0.1, -0.05) is 11.8 Å². The van der Waals surface area contributed by atoms with Crippen molar-refractivity contribution in [2.24, 2.45) is 0 Å². The zero-order chi connectivity index (χ0) is 17.1. The fraction of sp³-hybridized carbons (Fsp3) is 0.529. The van der Waals surface area contributed by atoms with Crippen molar-refractivity contribution in [1.29, 1.82) is 0 Å². The van der Waals surface area contributed by atoms with Gasteiger partial charge in [0.1, 0.15) is 0 Å². The maximum atomic E-state index is 12.1. The Morgan fingerprint density at radius 1 is 1.28 bits per heavy atom. The number of thioether (sulfide) groups is 1. The predicted octanol–water partition coefficient (Wildman–Crippen LogP) is 2.06. The number of aromatic nitrogens is 4. The SMILES string of the molecule is O=C(CSc1nnc(-c2ccncc2)n1C1CC1)NCC1CCCO1. The first-order valence-electron chi connectivity index (χ1n) is 8.67. The van der Waals surface area contributed by atoms with Crippen LogP contribution in [0.25, 0.3) is 11.4 Å². The Bertz CT molecular complexity index is 726. The lowest BCUT2D eigenvalue weighted by Crippen LogP contribution is -2.32.